The van der Waals surface area contributed by atoms with E-state index in [2.05, 4.69) is 16.0 Å². The quantitative estimate of drug-likeness (QED) is 0.806. The van der Waals surface area contributed by atoms with E-state index < -0.39 is 0 Å². The van der Waals surface area contributed by atoms with E-state index in [1.54, 1.807) is 7.11 Å². The van der Waals surface area contributed by atoms with E-state index in [0.29, 0.717) is 17.9 Å². The van der Waals surface area contributed by atoms with Crippen molar-refractivity contribution in [2.75, 3.05) is 33.4 Å². The average Bonchev–Trinajstić information content (AvgIpc) is 2.98. The molecular weight excluding hydrogens is 240 g/mol. The van der Waals surface area contributed by atoms with Gasteiger partial charge >= 0.3 is 0 Å². The van der Waals surface area contributed by atoms with Crippen LogP contribution in [-0.2, 0) is 16.0 Å². The second-order valence-corrected chi connectivity index (χ2v) is 5.63. The van der Waals surface area contributed by atoms with Crippen LogP contribution in [-0.4, -0.2) is 49.4 Å². The maximum absolute atomic E-state index is 5.94. The van der Waals surface area contributed by atoms with Gasteiger partial charge in [0, 0.05) is 51.7 Å². The average molecular weight is 262 g/mol. The first-order valence-electron chi connectivity index (χ1n) is 7.08. The van der Waals surface area contributed by atoms with Gasteiger partial charge in [0.2, 0.25) is 0 Å². The zero-order valence-electron chi connectivity index (χ0n) is 11.5. The number of ether oxygens (including phenoxy) is 2. The van der Waals surface area contributed by atoms with E-state index >= 15 is 0 Å². The number of methoxy groups -OCH3 is 1. The van der Waals surface area contributed by atoms with Crippen LogP contribution in [0.1, 0.15) is 12.0 Å². The van der Waals surface area contributed by atoms with Gasteiger partial charge in [0.05, 0.1) is 12.7 Å². The Kier molecular flexibility index (Phi) is 4.11. The normalized spacial score (nSPS) is 30.7. The predicted molar refractivity (Wildman–Crippen MR) is 72.7 cm³/mol. The smallest absolute Gasteiger partial charge is 0.0746 e. The highest BCUT2D eigenvalue weighted by atomic mass is 16.5. The molecule has 0 aromatic carbocycles. The SMILES string of the molecule is COCC[C@H]1CO[C@H]2CN(Cc3cccnc3)C[C@@H]12. The van der Waals surface area contributed by atoms with Gasteiger partial charge in [-0.2, -0.15) is 0 Å². The molecule has 0 aliphatic carbocycles. The summed E-state index contributed by atoms with van der Waals surface area (Å²) >= 11 is 0. The van der Waals surface area contributed by atoms with E-state index in [0.717, 1.165) is 39.3 Å². The third-order valence-corrected chi connectivity index (χ3v) is 4.34. The molecule has 0 spiro atoms. The first-order valence-corrected chi connectivity index (χ1v) is 7.08. The number of pyridine rings is 1. The first-order chi connectivity index (χ1) is 9.36. The molecule has 3 atom stereocenters. The Bertz CT molecular complexity index is 398. The number of nitrogens with zero attached hydrogens (tertiary/aromatic N) is 2. The summed E-state index contributed by atoms with van der Waals surface area (Å²) in [7, 11) is 1.77. The van der Waals surface area contributed by atoms with Crippen molar-refractivity contribution < 1.29 is 9.47 Å². The Balaban J connectivity index is 1.55. The van der Waals surface area contributed by atoms with Crippen LogP contribution in [0, 0.1) is 11.8 Å². The largest absolute Gasteiger partial charge is 0.385 e. The lowest BCUT2D eigenvalue weighted by Gasteiger charge is -2.19. The number of hydrogen-bond acceptors (Lipinski definition) is 4. The molecule has 2 fully saturated rings. The van der Waals surface area contributed by atoms with E-state index in [9.17, 15) is 0 Å². The maximum Gasteiger partial charge on any atom is 0.0746 e. The minimum absolute atomic E-state index is 0.429. The summed E-state index contributed by atoms with van der Waals surface area (Å²) in [4.78, 5) is 6.67. The maximum atomic E-state index is 5.94. The summed E-state index contributed by atoms with van der Waals surface area (Å²) in [6, 6.07) is 4.15. The molecule has 3 heterocycles. The summed E-state index contributed by atoms with van der Waals surface area (Å²) in [6.45, 7) is 4.96. The van der Waals surface area contributed by atoms with E-state index in [4.69, 9.17) is 9.47 Å². The van der Waals surface area contributed by atoms with Crippen molar-refractivity contribution in [3.8, 4) is 0 Å². The molecule has 0 radical (unpaired) electrons. The lowest BCUT2D eigenvalue weighted by atomic mass is 9.91. The summed E-state index contributed by atoms with van der Waals surface area (Å²) in [5.74, 6) is 1.36. The Labute approximate surface area is 114 Å². The zero-order chi connectivity index (χ0) is 13.1. The van der Waals surface area contributed by atoms with Gasteiger partial charge in [-0.1, -0.05) is 6.07 Å². The molecule has 2 aliphatic heterocycles. The van der Waals surface area contributed by atoms with Crippen molar-refractivity contribution in [2.24, 2.45) is 11.8 Å². The van der Waals surface area contributed by atoms with E-state index in [1.807, 2.05) is 18.5 Å². The highest BCUT2D eigenvalue weighted by molar-refractivity contribution is 5.09. The second kappa shape index (κ2) is 5.99. The monoisotopic (exact) mass is 262 g/mol. The van der Waals surface area contributed by atoms with Crippen molar-refractivity contribution in [1.82, 2.24) is 9.88 Å². The predicted octanol–water partition coefficient (Wildman–Crippen LogP) is 1.56. The molecule has 0 saturated carbocycles. The van der Waals surface area contributed by atoms with Crippen LogP contribution in [0.4, 0.5) is 0 Å². The fourth-order valence-corrected chi connectivity index (χ4v) is 3.33. The molecule has 0 N–H and O–H groups in total. The van der Waals surface area contributed by atoms with Crippen molar-refractivity contribution in [2.45, 2.75) is 19.1 Å². The van der Waals surface area contributed by atoms with Crippen LogP contribution in [0.3, 0.4) is 0 Å². The van der Waals surface area contributed by atoms with E-state index in [-0.39, 0.29) is 0 Å². The molecular formula is C15H22N2O2. The summed E-state index contributed by atoms with van der Waals surface area (Å²) < 4.78 is 11.1. The summed E-state index contributed by atoms with van der Waals surface area (Å²) in [5, 5.41) is 0. The molecule has 19 heavy (non-hydrogen) atoms. The molecule has 0 amide bonds. The first kappa shape index (κ1) is 13.0. The van der Waals surface area contributed by atoms with Crippen molar-refractivity contribution in [1.29, 1.82) is 0 Å². The number of rotatable bonds is 5. The zero-order valence-corrected chi connectivity index (χ0v) is 11.5. The number of hydrogen-bond donors (Lipinski definition) is 0. The second-order valence-electron chi connectivity index (χ2n) is 5.63. The summed E-state index contributed by atoms with van der Waals surface area (Å²) in [6.07, 6.45) is 5.33. The standard InChI is InChI=1S/C15H22N2O2/c1-18-6-4-13-11-19-15-10-17(9-14(13)15)8-12-3-2-5-16-7-12/h2-3,5,7,13-15H,4,6,8-11H2,1H3/t13-,14-,15-/m0/s1. The Morgan fingerprint density at radius 1 is 1.47 bits per heavy atom. The lowest BCUT2D eigenvalue weighted by Crippen LogP contribution is -2.24. The highest BCUT2D eigenvalue weighted by Crippen LogP contribution is 2.35. The van der Waals surface area contributed by atoms with Gasteiger partial charge in [-0.15, -0.1) is 0 Å². The minimum Gasteiger partial charge on any atom is -0.385 e. The molecule has 0 bridgehead atoms. The minimum atomic E-state index is 0.429. The van der Waals surface area contributed by atoms with Gasteiger partial charge in [0.15, 0.2) is 0 Å². The van der Waals surface area contributed by atoms with Crippen LogP contribution in [0.25, 0.3) is 0 Å². The van der Waals surface area contributed by atoms with Crippen molar-refractivity contribution in [3.63, 3.8) is 0 Å². The number of fused-ring (bicyclic) bond motifs is 1. The van der Waals surface area contributed by atoms with Crippen molar-refractivity contribution in [3.05, 3.63) is 30.1 Å². The Morgan fingerprint density at radius 2 is 2.42 bits per heavy atom. The Morgan fingerprint density at radius 3 is 3.21 bits per heavy atom. The van der Waals surface area contributed by atoms with Gasteiger partial charge in [-0.05, 0) is 24.0 Å². The fourth-order valence-electron chi connectivity index (χ4n) is 3.33. The van der Waals surface area contributed by atoms with Gasteiger partial charge in [0.25, 0.3) is 0 Å². The van der Waals surface area contributed by atoms with Crippen LogP contribution < -0.4 is 0 Å². The van der Waals surface area contributed by atoms with E-state index in [1.165, 1.54) is 5.56 Å². The molecule has 2 aliphatic rings. The van der Waals surface area contributed by atoms with Gasteiger partial charge in [0.1, 0.15) is 0 Å². The van der Waals surface area contributed by atoms with Crippen LogP contribution in [0.15, 0.2) is 24.5 Å². The van der Waals surface area contributed by atoms with Crippen LogP contribution in [0.2, 0.25) is 0 Å². The fraction of sp³-hybridized carbons (Fsp3) is 0.667. The molecule has 104 valence electrons. The molecule has 1 aromatic heterocycles. The molecule has 4 heteroatoms. The molecule has 1 aromatic rings. The summed E-state index contributed by atoms with van der Waals surface area (Å²) in [5.41, 5.74) is 1.29. The number of likely N-dealkylation sites (tertiary alicyclic amines) is 1. The van der Waals surface area contributed by atoms with Gasteiger partial charge in [-0.25, -0.2) is 0 Å². The highest BCUT2D eigenvalue weighted by Gasteiger charge is 2.43. The number of aromatic nitrogens is 1. The third kappa shape index (κ3) is 2.96. The lowest BCUT2D eigenvalue weighted by molar-refractivity contribution is 0.0904. The molecule has 4 nitrogen and oxygen atoms in total. The van der Waals surface area contributed by atoms with Gasteiger partial charge < -0.3 is 9.47 Å². The molecule has 0 unspecified atom stereocenters. The Hall–Kier alpha value is -0.970. The molecule has 2 saturated heterocycles. The third-order valence-electron chi connectivity index (χ3n) is 4.34. The van der Waals surface area contributed by atoms with Crippen molar-refractivity contribution >= 4 is 0 Å². The van der Waals surface area contributed by atoms with Gasteiger partial charge in [-0.3, -0.25) is 9.88 Å². The van der Waals surface area contributed by atoms with Crippen LogP contribution >= 0.6 is 0 Å². The topological polar surface area (TPSA) is 34.6 Å². The van der Waals surface area contributed by atoms with Crippen LogP contribution in [0.5, 0.6) is 0 Å². The molecule has 3 rings (SSSR count).